The van der Waals surface area contributed by atoms with Gasteiger partial charge in [0.2, 0.25) is 0 Å². The summed E-state index contributed by atoms with van der Waals surface area (Å²) >= 11 is 0. The first-order valence-electron chi connectivity index (χ1n) is 7.72. The summed E-state index contributed by atoms with van der Waals surface area (Å²) in [5.74, 6) is 0. The van der Waals surface area contributed by atoms with E-state index in [0.717, 1.165) is 6.54 Å². The van der Waals surface area contributed by atoms with E-state index in [4.69, 9.17) is 0 Å². The summed E-state index contributed by atoms with van der Waals surface area (Å²) in [6.07, 6.45) is 4.00. The maximum absolute atomic E-state index is 3.62. The van der Waals surface area contributed by atoms with Gasteiger partial charge in [0.05, 0.1) is 0 Å². The maximum Gasteiger partial charge on any atom is 0.00476 e. The van der Waals surface area contributed by atoms with Crippen molar-refractivity contribution < 1.29 is 0 Å². The van der Waals surface area contributed by atoms with E-state index in [0.29, 0.717) is 16.9 Å². The lowest BCUT2D eigenvalue weighted by Gasteiger charge is -2.43. The molecular weight excluding hydrogens is 220 g/mol. The molecule has 0 aromatic rings. The zero-order chi connectivity index (χ0) is 13.8. The molecule has 18 heavy (non-hydrogen) atoms. The summed E-state index contributed by atoms with van der Waals surface area (Å²) in [6.45, 7) is 19.0. The fraction of sp³-hybridized carbons (Fsp3) is 1.00. The van der Waals surface area contributed by atoms with Crippen molar-refractivity contribution in [3.05, 3.63) is 0 Å². The van der Waals surface area contributed by atoms with Crippen molar-refractivity contribution in [3.8, 4) is 0 Å². The highest BCUT2D eigenvalue weighted by Crippen LogP contribution is 2.31. The summed E-state index contributed by atoms with van der Waals surface area (Å²) in [6, 6.07) is 0.591. The van der Waals surface area contributed by atoms with Crippen LogP contribution >= 0.6 is 0 Å². The molecular formula is C16H34N2. The van der Waals surface area contributed by atoms with Gasteiger partial charge >= 0.3 is 0 Å². The molecule has 1 rings (SSSR count). The second-order valence-corrected chi connectivity index (χ2v) is 7.68. The van der Waals surface area contributed by atoms with Crippen LogP contribution in [0.25, 0.3) is 0 Å². The highest BCUT2D eigenvalue weighted by Gasteiger charge is 2.31. The van der Waals surface area contributed by atoms with Gasteiger partial charge < -0.3 is 10.2 Å². The molecule has 1 heterocycles. The molecule has 0 bridgehead atoms. The highest BCUT2D eigenvalue weighted by atomic mass is 15.1. The second kappa shape index (κ2) is 6.38. The molecule has 0 radical (unpaired) electrons. The Morgan fingerprint density at radius 2 is 2.00 bits per heavy atom. The van der Waals surface area contributed by atoms with E-state index in [1.54, 1.807) is 0 Å². The Balaban J connectivity index is 2.51. The number of nitrogens with one attached hydrogen (secondary N) is 1. The van der Waals surface area contributed by atoms with Gasteiger partial charge in [0.25, 0.3) is 0 Å². The van der Waals surface area contributed by atoms with Gasteiger partial charge in [-0.15, -0.1) is 0 Å². The SMILES string of the molecule is CCC(C)(CNC(C)C)CN1CCCC(C)(C)C1. The molecule has 0 aromatic heterocycles. The monoisotopic (exact) mass is 254 g/mol. The lowest BCUT2D eigenvalue weighted by atomic mass is 9.81. The molecule has 1 N–H and O–H groups in total. The average molecular weight is 254 g/mol. The van der Waals surface area contributed by atoms with Gasteiger partial charge in [-0.25, -0.2) is 0 Å². The van der Waals surface area contributed by atoms with E-state index in [9.17, 15) is 0 Å². The largest absolute Gasteiger partial charge is 0.314 e. The molecule has 1 fully saturated rings. The molecule has 0 spiro atoms. The van der Waals surface area contributed by atoms with Crippen LogP contribution in [0.15, 0.2) is 0 Å². The second-order valence-electron chi connectivity index (χ2n) is 7.68. The smallest absolute Gasteiger partial charge is 0.00476 e. The summed E-state index contributed by atoms with van der Waals surface area (Å²) in [5, 5.41) is 3.62. The summed E-state index contributed by atoms with van der Waals surface area (Å²) < 4.78 is 0. The van der Waals surface area contributed by atoms with Gasteiger partial charge in [0, 0.05) is 25.7 Å². The van der Waals surface area contributed by atoms with Crippen molar-refractivity contribution in [1.82, 2.24) is 10.2 Å². The fourth-order valence-corrected chi connectivity index (χ4v) is 2.96. The highest BCUT2D eigenvalue weighted by molar-refractivity contribution is 4.85. The maximum atomic E-state index is 3.62. The standard InChI is InChI=1S/C16H34N2/c1-7-16(6,11-17-14(2)3)13-18-10-8-9-15(4,5)12-18/h14,17H,7-13H2,1-6H3. The van der Waals surface area contributed by atoms with Crippen LogP contribution in [-0.2, 0) is 0 Å². The van der Waals surface area contributed by atoms with Gasteiger partial charge in [-0.1, -0.05) is 41.5 Å². The fourth-order valence-electron chi connectivity index (χ4n) is 2.96. The molecule has 108 valence electrons. The summed E-state index contributed by atoms with van der Waals surface area (Å²) in [5.41, 5.74) is 0.927. The molecule has 1 atom stereocenters. The van der Waals surface area contributed by atoms with Crippen molar-refractivity contribution in [1.29, 1.82) is 0 Å². The number of likely N-dealkylation sites (tertiary alicyclic amines) is 1. The molecule has 0 aliphatic carbocycles. The lowest BCUT2D eigenvalue weighted by molar-refractivity contribution is 0.0720. The van der Waals surface area contributed by atoms with E-state index >= 15 is 0 Å². The van der Waals surface area contributed by atoms with E-state index in [1.807, 2.05) is 0 Å². The predicted octanol–water partition coefficient (Wildman–Crippen LogP) is 3.52. The Kier molecular flexibility index (Phi) is 5.67. The van der Waals surface area contributed by atoms with E-state index < -0.39 is 0 Å². The van der Waals surface area contributed by atoms with Crippen LogP contribution in [0.4, 0.5) is 0 Å². The quantitative estimate of drug-likeness (QED) is 0.780. The van der Waals surface area contributed by atoms with Crippen molar-refractivity contribution in [2.75, 3.05) is 26.2 Å². The van der Waals surface area contributed by atoms with Crippen molar-refractivity contribution in [2.24, 2.45) is 10.8 Å². The van der Waals surface area contributed by atoms with Crippen molar-refractivity contribution in [2.45, 2.75) is 66.8 Å². The molecule has 2 heteroatoms. The number of nitrogens with zero attached hydrogens (tertiary/aromatic N) is 1. The number of rotatable bonds is 6. The van der Waals surface area contributed by atoms with Crippen LogP contribution in [0.2, 0.25) is 0 Å². The first-order valence-corrected chi connectivity index (χ1v) is 7.72. The minimum atomic E-state index is 0.414. The first kappa shape index (κ1) is 16.0. The van der Waals surface area contributed by atoms with Crippen LogP contribution in [0, 0.1) is 10.8 Å². The molecule has 1 unspecified atom stereocenters. The molecule has 1 aliphatic heterocycles. The number of hydrogen-bond donors (Lipinski definition) is 1. The van der Waals surface area contributed by atoms with Gasteiger partial charge in [0.1, 0.15) is 0 Å². The Hall–Kier alpha value is -0.0800. The average Bonchev–Trinajstić information content (AvgIpc) is 2.25. The van der Waals surface area contributed by atoms with Crippen LogP contribution in [0.1, 0.15) is 60.8 Å². The zero-order valence-electron chi connectivity index (χ0n) is 13.5. The van der Waals surface area contributed by atoms with Crippen LogP contribution in [0.3, 0.4) is 0 Å². The van der Waals surface area contributed by atoms with E-state index in [2.05, 4.69) is 51.8 Å². The third-order valence-corrected chi connectivity index (χ3v) is 4.38. The predicted molar refractivity (Wildman–Crippen MR) is 81.0 cm³/mol. The molecule has 0 amide bonds. The molecule has 2 nitrogen and oxygen atoms in total. The lowest BCUT2D eigenvalue weighted by Crippen LogP contribution is -2.48. The molecule has 1 aliphatic rings. The third-order valence-electron chi connectivity index (χ3n) is 4.38. The zero-order valence-corrected chi connectivity index (χ0v) is 13.5. The molecule has 0 aromatic carbocycles. The number of hydrogen-bond acceptors (Lipinski definition) is 2. The molecule has 1 saturated heterocycles. The number of piperidine rings is 1. The van der Waals surface area contributed by atoms with E-state index in [1.165, 1.54) is 38.9 Å². The van der Waals surface area contributed by atoms with Gasteiger partial charge in [-0.3, -0.25) is 0 Å². The Morgan fingerprint density at radius 1 is 1.33 bits per heavy atom. The van der Waals surface area contributed by atoms with Crippen LogP contribution in [0.5, 0.6) is 0 Å². The van der Waals surface area contributed by atoms with E-state index in [-0.39, 0.29) is 0 Å². The minimum Gasteiger partial charge on any atom is -0.314 e. The minimum absolute atomic E-state index is 0.414. The summed E-state index contributed by atoms with van der Waals surface area (Å²) in [4.78, 5) is 2.69. The Morgan fingerprint density at radius 3 is 2.50 bits per heavy atom. The Bertz CT molecular complexity index is 247. The third kappa shape index (κ3) is 5.27. The first-order chi connectivity index (χ1) is 8.26. The van der Waals surface area contributed by atoms with Gasteiger partial charge in [0.15, 0.2) is 0 Å². The van der Waals surface area contributed by atoms with Gasteiger partial charge in [-0.05, 0) is 36.6 Å². The summed E-state index contributed by atoms with van der Waals surface area (Å²) in [7, 11) is 0. The Labute approximate surface area is 115 Å². The topological polar surface area (TPSA) is 15.3 Å². The van der Waals surface area contributed by atoms with Crippen LogP contribution < -0.4 is 5.32 Å². The normalized spacial score (nSPS) is 24.2. The van der Waals surface area contributed by atoms with Crippen LogP contribution in [-0.4, -0.2) is 37.1 Å². The van der Waals surface area contributed by atoms with Crippen molar-refractivity contribution in [3.63, 3.8) is 0 Å². The molecule has 0 saturated carbocycles. The van der Waals surface area contributed by atoms with Gasteiger partial charge in [-0.2, -0.15) is 0 Å². The van der Waals surface area contributed by atoms with Crippen molar-refractivity contribution >= 4 is 0 Å².